The highest BCUT2D eigenvalue weighted by Crippen LogP contribution is 2.31. The van der Waals surface area contributed by atoms with Crippen LogP contribution in [0.4, 0.5) is 0 Å². The highest BCUT2D eigenvalue weighted by Gasteiger charge is 2.13. The fourth-order valence-electron chi connectivity index (χ4n) is 2.17. The molecule has 2 aromatic carbocycles. The molecule has 3 nitrogen and oxygen atoms in total. The summed E-state index contributed by atoms with van der Waals surface area (Å²) in [6.07, 6.45) is 0. The van der Waals surface area contributed by atoms with E-state index in [1.54, 1.807) is 6.07 Å². The molecular weight excluding hydrogens is 338 g/mol. The van der Waals surface area contributed by atoms with Crippen molar-refractivity contribution in [2.75, 3.05) is 0 Å². The van der Waals surface area contributed by atoms with Gasteiger partial charge in [-0.05, 0) is 52.3 Å². The maximum atomic E-state index is 8.98. The SMILES string of the molecule is Cn1c(-c2ccc(Cl)cc2Br)nc2ccc(C#N)cc21. The summed E-state index contributed by atoms with van der Waals surface area (Å²) < 4.78 is 2.87. The zero-order valence-electron chi connectivity index (χ0n) is 10.6. The first-order valence-electron chi connectivity index (χ1n) is 5.92. The third kappa shape index (κ3) is 2.09. The molecule has 1 aromatic heterocycles. The fourth-order valence-corrected chi connectivity index (χ4v) is 3.03. The molecular formula is C15H9BrClN3. The Morgan fingerprint density at radius 2 is 2.05 bits per heavy atom. The van der Waals surface area contributed by atoms with Crippen LogP contribution in [0.5, 0.6) is 0 Å². The maximum Gasteiger partial charge on any atom is 0.142 e. The van der Waals surface area contributed by atoms with Crippen LogP contribution in [0, 0.1) is 11.3 Å². The predicted molar refractivity (Wildman–Crippen MR) is 83.6 cm³/mol. The Morgan fingerprint density at radius 1 is 1.25 bits per heavy atom. The third-order valence-corrected chi connectivity index (χ3v) is 4.07. The molecule has 3 rings (SSSR count). The monoisotopic (exact) mass is 345 g/mol. The van der Waals surface area contributed by atoms with Crippen molar-refractivity contribution in [2.45, 2.75) is 0 Å². The number of hydrogen-bond donors (Lipinski definition) is 0. The summed E-state index contributed by atoms with van der Waals surface area (Å²) >= 11 is 9.48. The van der Waals surface area contributed by atoms with Crippen molar-refractivity contribution in [3.63, 3.8) is 0 Å². The lowest BCUT2D eigenvalue weighted by atomic mass is 10.2. The molecule has 0 unspecified atom stereocenters. The second-order valence-corrected chi connectivity index (χ2v) is 5.72. The standard InChI is InChI=1S/C15H9BrClN3/c1-20-14-6-9(8-18)2-5-13(14)19-15(20)11-4-3-10(17)7-12(11)16/h2-7H,1H3. The van der Waals surface area contributed by atoms with Gasteiger partial charge in [0.2, 0.25) is 0 Å². The van der Waals surface area contributed by atoms with Crippen molar-refractivity contribution in [2.24, 2.45) is 7.05 Å². The van der Waals surface area contributed by atoms with Crippen LogP contribution in [0.25, 0.3) is 22.4 Å². The molecule has 0 fully saturated rings. The van der Waals surface area contributed by atoms with E-state index in [-0.39, 0.29) is 0 Å². The minimum atomic E-state index is 0.627. The van der Waals surface area contributed by atoms with Gasteiger partial charge in [0.25, 0.3) is 0 Å². The summed E-state index contributed by atoms with van der Waals surface area (Å²) in [5.74, 6) is 0.832. The lowest BCUT2D eigenvalue weighted by Gasteiger charge is -2.05. The molecule has 0 aliphatic heterocycles. The van der Waals surface area contributed by atoms with Crippen molar-refractivity contribution in [1.29, 1.82) is 5.26 Å². The molecule has 0 radical (unpaired) electrons. The molecule has 5 heteroatoms. The molecule has 0 aliphatic carbocycles. The first-order chi connectivity index (χ1) is 9.60. The van der Waals surface area contributed by atoms with Gasteiger partial charge in [0.1, 0.15) is 5.82 Å². The average molecular weight is 347 g/mol. The number of nitrogens with zero attached hydrogens (tertiary/aromatic N) is 3. The topological polar surface area (TPSA) is 41.6 Å². The summed E-state index contributed by atoms with van der Waals surface area (Å²) in [6, 6.07) is 13.2. The Balaban J connectivity index is 2.27. The summed E-state index contributed by atoms with van der Waals surface area (Å²) in [5, 5.41) is 9.66. The number of aryl methyl sites for hydroxylation is 1. The summed E-state index contributed by atoms with van der Waals surface area (Å²) in [4.78, 5) is 4.63. The number of rotatable bonds is 1. The highest BCUT2D eigenvalue weighted by atomic mass is 79.9. The predicted octanol–water partition coefficient (Wildman–Crippen LogP) is 4.53. The molecule has 0 saturated heterocycles. The van der Waals surface area contributed by atoms with E-state index in [0.29, 0.717) is 10.6 Å². The molecule has 0 saturated carbocycles. The molecule has 0 N–H and O–H groups in total. The van der Waals surface area contributed by atoms with Crippen LogP contribution < -0.4 is 0 Å². The van der Waals surface area contributed by atoms with Crippen molar-refractivity contribution in [3.8, 4) is 17.5 Å². The molecule has 0 bridgehead atoms. The van der Waals surface area contributed by atoms with Gasteiger partial charge < -0.3 is 4.57 Å². The molecule has 0 aliphatic rings. The van der Waals surface area contributed by atoms with E-state index >= 15 is 0 Å². The number of nitriles is 1. The number of fused-ring (bicyclic) bond motifs is 1. The Hall–Kier alpha value is -1.83. The third-order valence-electron chi connectivity index (χ3n) is 3.18. The van der Waals surface area contributed by atoms with Crippen LogP contribution in [0.3, 0.4) is 0 Å². The van der Waals surface area contributed by atoms with Crippen molar-refractivity contribution in [1.82, 2.24) is 9.55 Å². The van der Waals surface area contributed by atoms with Crippen LogP contribution in [0.2, 0.25) is 5.02 Å². The van der Waals surface area contributed by atoms with E-state index < -0.39 is 0 Å². The van der Waals surface area contributed by atoms with Gasteiger partial charge in [0.15, 0.2) is 0 Å². The Morgan fingerprint density at radius 3 is 2.75 bits per heavy atom. The lowest BCUT2D eigenvalue weighted by Crippen LogP contribution is -1.93. The van der Waals surface area contributed by atoms with E-state index in [2.05, 4.69) is 27.0 Å². The van der Waals surface area contributed by atoms with Gasteiger partial charge in [-0.15, -0.1) is 0 Å². The minimum Gasteiger partial charge on any atom is -0.327 e. The number of aromatic nitrogens is 2. The van der Waals surface area contributed by atoms with E-state index in [4.69, 9.17) is 16.9 Å². The largest absolute Gasteiger partial charge is 0.327 e. The summed E-state index contributed by atoms with van der Waals surface area (Å²) in [6.45, 7) is 0. The summed E-state index contributed by atoms with van der Waals surface area (Å²) in [7, 11) is 1.94. The van der Waals surface area contributed by atoms with Gasteiger partial charge in [0.05, 0.1) is 22.7 Å². The Labute approximate surface area is 129 Å². The Kier molecular flexibility index (Phi) is 3.25. The van der Waals surface area contributed by atoms with Gasteiger partial charge >= 0.3 is 0 Å². The molecule has 0 spiro atoms. The highest BCUT2D eigenvalue weighted by molar-refractivity contribution is 9.10. The van der Waals surface area contributed by atoms with Gasteiger partial charge in [-0.25, -0.2) is 4.98 Å². The summed E-state index contributed by atoms with van der Waals surface area (Å²) in [5.41, 5.74) is 3.39. The van der Waals surface area contributed by atoms with Crippen LogP contribution in [-0.4, -0.2) is 9.55 Å². The molecule has 1 heterocycles. The van der Waals surface area contributed by atoms with Crippen LogP contribution in [0.1, 0.15) is 5.56 Å². The van der Waals surface area contributed by atoms with E-state index in [1.165, 1.54) is 0 Å². The second kappa shape index (κ2) is 4.93. The zero-order chi connectivity index (χ0) is 14.3. The normalized spacial score (nSPS) is 10.7. The molecule has 3 aromatic rings. The van der Waals surface area contributed by atoms with E-state index in [0.717, 1.165) is 26.9 Å². The quantitative estimate of drug-likeness (QED) is 0.649. The second-order valence-electron chi connectivity index (χ2n) is 4.43. The van der Waals surface area contributed by atoms with Gasteiger partial charge in [-0.3, -0.25) is 0 Å². The molecule has 0 atom stereocenters. The van der Waals surface area contributed by atoms with E-state index in [9.17, 15) is 0 Å². The average Bonchev–Trinajstić information content (AvgIpc) is 2.76. The van der Waals surface area contributed by atoms with Gasteiger partial charge in [-0.2, -0.15) is 5.26 Å². The number of imidazole rings is 1. The Bertz CT molecular complexity index is 861. The minimum absolute atomic E-state index is 0.627. The zero-order valence-corrected chi connectivity index (χ0v) is 12.9. The molecule has 98 valence electrons. The smallest absolute Gasteiger partial charge is 0.142 e. The lowest BCUT2D eigenvalue weighted by molar-refractivity contribution is 0.958. The molecule has 0 amide bonds. The number of benzene rings is 2. The van der Waals surface area contributed by atoms with Crippen molar-refractivity contribution < 1.29 is 0 Å². The first-order valence-corrected chi connectivity index (χ1v) is 7.09. The number of hydrogen-bond acceptors (Lipinski definition) is 2. The fraction of sp³-hybridized carbons (Fsp3) is 0.0667. The van der Waals surface area contributed by atoms with Crippen molar-refractivity contribution >= 4 is 38.6 Å². The van der Waals surface area contributed by atoms with E-state index in [1.807, 2.05) is 41.9 Å². The maximum absolute atomic E-state index is 8.98. The van der Waals surface area contributed by atoms with Gasteiger partial charge in [-0.1, -0.05) is 11.6 Å². The van der Waals surface area contributed by atoms with Crippen LogP contribution in [0.15, 0.2) is 40.9 Å². The van der Waals surface area contributed by atoms with Crippen molar-refractivity contribution in [3.05, 3.63) is 51.5 Å². The number of halogens is 2. The first kappa shape index (κ1) is 13.2. The van der Waals surface area contributed by atoms with Crippen LogP contribution in [-0.2, 0) is 7.05 Å². The van der Waals surface area contributed by atoms with Crippen LogP contribution >= 0.6 is 27.5 Å². The van der Waals surface area contributed by atoms with Gasteiger partial charge in [0, 0.05) is 22.1 Å². The molecule has 20 heavy (non-hydrogen) atoms.